The average Bonchev–Trinajstić information content (AvgIpc) is 2.60. The first-order chi connectivity index (χ1) is 11.8. The van der Waals surface area contributed by atoms with E-state index in [4.69, 9.17) is 4.74 Å². The van der Waals surface area contributed by atoms with Crippen LogP contribution in [0.1, 0.15) is 37.0 Å². The molecule has 1 aromatic rings. The zero-order valence-electron chi connectivity index (χ0n) is 14.8. The summed E-state index contributed by atoms with van der Waals surface area (Å²) in [6.07, 6.45) is 0.748. The normalized spacial score (nSPS) is 10.6. The number of nitro benzene ring substituents is 1. The maximum absolute atomic E-state index is 12.7. The number of hydrogen-bond donors (Lipinski definition) is 0. The molecule has 138 valence electrons. The second kappa shape index (κ2) is 10.4. The summed E-state index contributed by atoms with van der Waals surface area (Å²) in [5, 5.41) is 10.9. The lowest BCUT2D eigenvalue weighted by molar-refractivity contribution is -0.384. The fraction of sp³-hybridized carbons (Fsp3) is 0.529. The lowest BCUT2D eigenvalue weighted by Crippen LogP contribution is -2.34. The zero-order chi connectivity index (χ0) is 18.8. The molecular weight excluding hydrogens is 328 g/mol. The van der Waals surface area contributed by atoms with Crippen LogP contribution in [0.3, 0.4) is 0 Å². The summed E-state index contributed by atoms with van der Waals surface area (Å²) in [5.74, 6) is -0.785. The highest BCUT2D eigenvalue weighted by molar-refractivity contribution is 5.95. The Morgan fingerprint density at radius 2 is 2.00 bits per heavy atom. The van der Waals surface area contributed by atoms with Gasteiger partial charge < -0.3 is 14.4 Å². The topological polar surface area (TPSA) is 99.0 Å². The van der Waals surface area contributed by atoms with Crippen molar-refractivity contribution in [2.45, 2.75) is 32.8 Å². The van der Waals surface area contributed by atoms with Crippen molar-refractivity contribution >= 4 is 17.6 Å². The van der Waals surface area contributed by atoms with Gasteiger partial charge in [-0.15, -0.1) is 0 Å². The molecule has 0 heterocycles. The third-order valence-electron chi connectivity index (χ3n) is 3.43. The van der Waals surface area contributed by atoms with E-state index < -0.39 is 10.9 Å². The Bertz CT molecular complexity index is 603. The Morgan fingerprint density at radius 1 is 1.28 bits per heavy atom. The molecule has 0 saturated carbocycles. The Kier molecular flexibility index (Phi) is 8.55. The first kappa shape index (κ1) is 20.6. The smallest absolute Gasteiger partial charge is 0.307 e. The highest BCUT2D eigenvalue weighted by atomic mass is 16.6. The number of carbonyl (C=O) groups is 2. The van der Waals surface area contributed by atoms with Crippen molar-refractivity contribution in [2.24, 2.45) is 0 Å². The van der Waals surface area contributed by atoms with Crippen LogP contribution in [0.25, 0.3) is 0 Å². The first-order valence-corrected chi connectivity index (χ1v) is 8.07. The number of rotatable bonds is 10. The number of hydrogen-bond acceptors (Lipinski definition) is 6. The third kappa shape index (κ3) is 7.30. The zero-order valence-corrected chi connectivity index (χ0v) is 14.8. The van der Waals surface area contributed by atoms with Gasteiger partial charge in [0.05, 0.1) is 24.6 Å². The monoisotopic (exact) mass is 352 g/mol. The second-order valence-electron chi connectivity index (χ2n) is 5.70. The van der Waals surface area contributed by atoms with Crippen molar-refractivity contribution < 1.29 is 24.0 Å². The summed E-state index contributed by atoms with van der Waals surface area (Å²) < 4.78 is 10.1. The average molecular weight is 352 g/mol. The van der Waals surface area contributed by atoms with Crippen LogP contribution < -0.4 is 0 Å². The van der Waals surface area contributed by atoms with E-state index in [1.54, 1.807) is 0 Å². The number of carbonyl (C=O) groups excluding carboxylic acids is 2. The quantitative estimate of drug-likeness (QED) is 0.277. The molecule has 0 bridgehead atoms. The highest BCUT2D eigenvalue weighted by Crippen LogP contribution is 2.15. The van der Waals surface area contributed by atoms with Crippen molar-refractivity contribution in [1.82, 2.24) is 4.90 Å². The van der Waals surface area contributed by atoms with Gasteiger partial charge in [-0.3, -0.25) is 19.7 Å². The van der Waals surface area contributed by atoms with E-state index in [0.717, 1.165) is 0 Å². The Balaban J connectivity index is 2.81. The number of nitrogens with zero attached hydrogens (tertiary/aromatic N) is 2. The molecule has 0 fully saturated rings. The molecule has 0 unspecified atom stereocenters. The number of nitro groups is 1. The summed E-state index contributed by atoms with van der Waals surface area (Å²) in [4.78, 5) is 35.8. The number of non-ortho nitro benzene ring substituents is 1. The first-order valence-electron chi connectivity index (χ1n) is 8.07. The molecule has 0 spiro atoms. The van der Waals surface area contributed by atoms with Gasteiger partial charge in [0.25, 0.3) is 11.6 Å². The predicted octanol–water partition coefficient (Wildman–Crippen LogP) is 2.42. The number of amides is 1. The van der Waals surface area contributed by atoms with Gasteiger partial charge in [0.1, 0.15) is 0 Å². The van der Waals surface area contributed by atoms with E-state index in [-0.39, 0.29) is 36.2 Å². The Hall–Kier alpha value is -2.48. The minimum atomic E-state index is -0.550. The maximum Gasteiger partial charge on any atom is 0.307 e. The molecule has 0 N–H and O–H groups in total. The van der Waals surface area contributed by atoms with Crippen molar-refractivity contribution in [1.29, 1.82) is 0 Å². The molecule has 8 heteroatoms. The van der Waals surface area contributed by atoms with Crippen LogP contribution in [0.4, 0.5) is 5.69 Å². The van der Waals surface area contributed by atoms with Crippen LogP contribution in [0.5, 0.6) is 0 Å². The number of ether oxygens (including phenoxy) is 2. The standard InChI is InChI=1S/C17H24N2O6/c1-13(2)25-11-5-9-18(10-8-16(20)24-3)17(21)14-6-4-7-15(12-14)19(22)23/h4,6-7,12-13H,5,8-11H2,1-3H3. The van der Waals surface area contributed by atoms with E-state index in [1.807, 2.05) is 13.8 Å². The van der Waals surface area contributed by atoms with Gasteiger partial charge >= 0.3 is 5.97 Å². The molecule has 1 aromatic carbocycles. The molecule has 8 nitrogen and oxygen atoms in total. The van der Waals surface area contributed by atoms with E-state index >= 15 is 0 Å². The predicted molar refractivity (Wildman–Crippen MR) is 91.3 cm³/mol. The third-order valence-corrected chi connectivity index (χ3v) is 3.43. The fourth-order valence-electron chi connectivity index (χ4n) is 2.15. The van der Waals surface area contributed by atoms with Crippen molar-refractivity contribution in [3.05, 3.63) is 39.9 Å². The number of benzene rings is 1. The number of methoxy groups -OCH3 is 1. The molecule has 0 radical (unpaired) electrons. The fourth-order valence-corrected chi connectivity index (χ4v) is 2.15. The SMILES string of the molecule is COC(=O)CCN(CCCOC(C)C)C(=O)c1cccc([N+](=O)[O-])c1. The molecule has 25 heavy (non-hydrogen) atoms. The van der Waals surface area contributed by atoms with E-state index in [2.05, 4.69) is 4.74 Å². The summed E-state index contributed by atoms with van der Waals surface area (Å²) >= 11 is 0. The number of esters is 1. The minimum absolute atomic E-state index is 0.0577. The molecule has 1 rings (SSSR count). The van der Waals surface area contributed by atoms with Gasteiger partial charge in [0, 0.05) is 37.4 Å². The van der Waals surface area contributed by atoms with Crippen molar-refractivity contribution in [3.63, 3.8) is 0 Å². The van der Waals surface area contributed by atoms with E-state index in [0.29, 0.717) is 19.6 Å². The molecule has 1 amide bonds. The Morgan fingerprint density at radius 3 is 2.60 bits per heavy atom. The van der Waals surface area contributed by atoms with E-state index in [1.165, 1.54) is 36.3 Å². The molecule has 0 aliphatic carbocycles. The van der Waals surface area contributed by atoms with Crippen LogP contribution in [0.15, 0.2) is 24.3 Å². The van der Waals surface area contributed by atoms with E-state index in [9.17, 15) is 19.7 Å². The highest BCUT2D eigenvalue weighted by Gasteiger charge is 2.19. The maximum atomic E-state index is 12.7. The molecule has 0 saturated heterocycles. The van der Waals surface area contributed by atoms with Crippen LogP contribution in [-0.4, -0.2) is 54.6 Å². The summed E-state index contributed by atoms with van der Waals surface area (Å²) in [7, 11) is 1.28. The summed E-state index contributed by atoms with van der Waals surface area (Å²) in [6.45, 7) is 4.88. The molecule has 0 aromatic heterocycles. The summed E-state index contributed by atoms with van der Waals surface area (Å²) in [5.41, 5.74) is 0.0609. The van der Waals surface area contributed by atoms with Crippen LogP contribution in [0, 0.1) is 10.1 Å². The molecule has 0 aliphatic rings. The van der Waals surface area contributed by atoms with Gasteiger partial charge in [-0.25, -0.2) is 0 Å². The Labute approximate surface area is 146 Å². The lowest BCUT2D eigenvalue weighted by Gasteiger charge is -2.22. The van der Waals surface area contributed by atoms with Crippen LogP contribution in [0.2, 0.25) is 0 Å². The lowest BCUT2D eigenvalue weighted by atomic mass is 10.1. The van der Waals surface area contributed by atoms with Gasteiger partial charge in [0.15, 0.2) is 0 Å². The molecule has 0 aliphatic heterocycles. The van der Waals surface area contributed by atoms with Crippen LogP contribution >= 0.6 is 0 Å². The largest absolute Gasteiger partial charge is 0.469 e. The molecule has 0 atom stereocenters. The van der Waals surface area contributed by atoms with Crippen LogP contribution in [-0.2, 0) is 14.3 Å². The van der Waals surface area contributed by atoms with Crippen molar-refractivity contribution in [2.75, 3.05) is 26.8 Å². The van der Waals surface area contributed by atoms with Gasteiger partial charge in [-0.2, -0.15) is 0 Å². The summed E-state index contributed by atoms with van der Waals surface area (Å²) in [6, 6.07) is 5.54. The van der Waals surface area contributed by atoms with Crippen molar-refractivity contribution in [3.8, 4) is 0 Å². The van der Waals surface area contributed by atoms with Gasteiger partial charge in [0.2, 0.25) is 0 Å². The minimum Gasteiger partial charge on any atom is -0.469 e. The van der Waals surface area contributed by atoms with Gasteiger partial charge in [-0.1, -0.05) is 6.07 Å². The second-order valence-corrected chi connectivity index (χ2v) is 5.70. The van der Waals surface area contributed by atoms with Gasteiger partial charge in [-0.05, 0) is 26.3 Å². The molecular formula is C17H24N2O6.